The lowest BCUT2D eigenvalue weighted by Gasteiger charge is -2.42. The zero-order chi connectivity index (χ0) is 25.1. The van der Waals surface area contributed by atoms with Crippen LogP contribution in [-0.2, 0) is 14.3 Å². The third-order valence-corrected chi connectivity index (χ3v) is 7.81. The van der Waals surface area contributed by atoms with Gasteiger partial charge in [0, 0.05) is 30.6 Å². The molecule has 5 rings (SSSR count). The number of nitrogens with zero attached hydrogens (tertiary/aromatic N) is 4. The van der Waals surface area contributed by atoms with E-state index in [1.807, 2.05) is 6.07 Å². The summed E-state index contributed by atoms with van der Waals surface area (Å²) < 4.78 is 43.4. The van der Waals surface area contributed by atoms with Crippen molar-refractivity contribution >= 4 is 17.8 Å². The molecule has 3 aliphatic heterocycles. The van der Waals surface area contributed by atoms with Gasteiger partial charge in [-0.1, -0.05) is 6.07 Å². The second kappa shape index (κ2) is 8.19. The van der Waals surface area contributed by atoms with E-state index in [0.29, 0.717) is 18.5 Å². The number of carbonyl (C=O) groups excluding carboxylic acids is 3. The summed E-state index contributed by atoms with van der Waals surface area (Å²) in [6.07, 6.45) is -1.09. The number of carbonyl (C=O) groups is 3. The van der Waals surface area contributed by atoms with Crippen LogP contribution in [0, 0.1) is 23.2 Å². The number of halogens is 3. The standard InChI is InChI=1S/C23H24F3N5O4/c24-23(25,26)21(34)35-22-10-13(22)9-16(11-27)31(22)20(33)18(28)12-7-14-4-5-15(8-12)30(14)19(32)17-3-1-2-6-29-17/h1-3,6,12-16,18H,4-5,7-10,28H2/t12?,13-,14?,15?,16+,18+,22+/m1/s1. The van der Waals surface area contributed by atoms with Gasteiger partial charge in [0.1, 0.15) is 11.7 Å². The molecule has 2 bridgehead atoms. The number of nitriles is 1. The highest BCUT2D eigenvalue weighted by Gasteiger charge is 2.72. The van der Waals surface area contributed by atoms with E-state index < -0.39 is 41.8 Å². The van der Waals surface area contributed by atoms with Crippen molar-refractivity contribution < 1.29 is 32.3 Å². The Bertz CT molecular complexity index is 1080. The fraction of sp³-hybridized carbons (Fsp3) is 0.609. The van der Waals surface area contributed by atoms with E-state index in [2.05, 4.69) is 4.98 Å². The van der Waals surface area contributed by atoms with E-state index in [9.17, 15) is 32.8 Å². The number of hydrogen-bond acceptors (Lipinski definition) is 7. The third-order valence-electron chi connectivity index (χ3n) is 7.81. The molecule has 1 saturated carbocycles. The largest absolute Gasteiger partial charge is 0.491 e. The molecule has 1 aliphatic carbocycles. The first kappa shape index (κ1) is 23.5. The van der Waals surface area contributed by atoms with Crippen molar-refractivity contribution in [3.05, 3.63) is 30.1 Å². The Morgan fingerprint density at radius 2 is 1.89 bits per heavy atom. The van der Waals surface area contributed by atoms with Crippen molar-refractivity contribution in [1.29, 1.82) is 5.26 Å². The van der Waals surface area contributed by atoms with Gasteiger partial charge in [-0.3, -0.25) is 19.5 Å². The van der Waals surface area contributed by atoms with Crippen molar-refractivity contribution in [3.63, 3.8) is 0 Å². The lowest BCUT2D eigenvalue weighted by Crippen LogP contribution is -2.58. The fourth-order valence-corrected chi connectivity index (χ4v) is 6.17. The number of fused-ring (bicyclic) bond motifs is 3. The molecule has 9 nitrogen and oxygen atoms in total. The smallest absolute Gasteiger partial charge is 0.432 e. The predicted molar refractivity (Wildman–Crippen MR) is 112 cm³/mol. The molecule has 2 amide bonds. The van der Waals surface area contributed by atoms with E-state index >= 15 is 0 Å². The Morgan fingerprint density at radius 1 is 1.20 bits per heavy atom. The van der Waals surface area contributed by atoms with E-state index in [0.717, 1.165) is 17.7 Å². The molecule has 1 aromatic rings. The van der Waals surface area contributed by atoms with Crippen LogP contribution in [0.2, 0.25) is 0 Å². The minimum atomic E-state index is -5.21. The number of nitrogens with two attached hydrogens (primary N) is 1. The van der Waals surface area contributed by atoms with Crippen molar-refractivity contribution in [3.8, 4) is 6.07 Å². The Morgan fingerprint density at radius 3 is 2.46 bits per heavy atom. The Kier molecular flexibility index (Phi) is 5.51. The van der Waals surface area contributed by atoms with Crippen LogP contribution in [0.1, 0.15) is 49.0 Å². The van der Waals surface area contributed by atoms with Crippen molar-refractivity contribution in [2.24, 2.45) is 17.6 Å². The maximum absolute atomic E-state index is 13.4. The van der Waals surface area contributed by atoms with E-state index in [1.165, 1.54) is 0 Å². The van der Waals surface area contributed by atoms with Crippen LogP contribution >= 0.6 is 0 Å². The van der Waals surface area contributed by atoms with Crippen LogP contribution in [0.3, 0.4) is 0 Å². The van der Waals surface area contributed by atoms with Gasteiger partial charge in [0.2, 0.25) is 5.91 Å². The van der Waals surface area contributed by atoms with E-state index in [1.54, 1.807) is 29.3 Å². The molecule has 6 atom stereocenters. The SMILES string of the molecule is N#C[C@@H]1C[C@@H]2C[C@@]2(OC(=O)C(F)(F)F)N1C(=O)[C@@H](N)C1CC2CCC(C1)N2C(=O)c1ccccn1. The van der Waals surface area contributed by atoms with Gasteiger partial charge >= 0.3 is 12.1 Å². The van der Waals surface area contributed by atoms with Crippen LogP contribution < -0.4 is 5.73 Å². The minimum absolute atomic E-state index is 0.0493. The summed E-state index contributed by atoms with van der Waals surface area (Å²) in [5.41, 5.74) is 4.92. The van der Waals surface area contributed by atoms with Crippen LogP contribution in [0.5, 0.6) is 0 Å². The number of piperidine rings is 2. The summed E-state index contributed by atoms with van der Waals surface area (Å²) in [5.74, 6) is -4.12. The molecule has 4 heterocycles. The lowest BCUT2D eigenvalue weighted by atomic mass is 9.84. The molecule has 0 radical (unpaired) electrons. The summed E-state index contributed by atoms with van der Waals surface area (Å²) in [6.45, 7) is 0. The third kappa shape index (κ3) is 3.82. The number of aromatic nitrogens is 1. The average molecular weight is 491 g/mol. The summed E-state index contributed by atoms with van der Waals surface area (Å²) in [7, 11) is 0. The monoisotopic (exact) mass is 491 g/mol. The van der Waals surface area contributed by atoms with E-state index in [4.69, 9.17) is 10.5 Å². The molecule has 12 heteroatoms. The van der Waals surface area contributed by atoms with Gasteiger partial charge in [-0.25, -0.2) is 4.79 Å². The molecule has 186 valence electrons. The topological polar surface area (TPSA) is 130 Å². The average Bonchev–Trinajstić information content (AvgIpc) is 3.33. The van der Waals surface area contributed by atoms with Crippen LogP contribution in [0.15, 0.2) is 24.4 Å². The van der Waals surface area contributed by atoms with Crippen LogP contribution in [0.25, 0.3) is 0 Å². The number of alkyl halides is 3. The first-order valence-corrected chi connectivity index (χ1v) is 11.6. The highest BCUT2D eigenvalue weighted by molar-refractivity contribution is 5.93. The van der Waals surface area contributed by atoms with Crippen molar-refractivity contribution in [2.75, 3.05) is 0 Å². The summed E-state index contributed by atoms with van der Waals surface area (Å²) in [5, 5.41) is 9.52. The number of likely N-dealkylation sites (tertiary alicyclic amines) is 1. The molecule has 1 aromatic heterocycles. The second-order valence-corrected chi connectivity index (χ2v) is 9.79. The Hall–Kier alpha value is -3.20. The van der Waals surface area contributed by atoms with Crippen LogP contribution in [-0.4, -0.2) is 68.6 Å². The van der Waals surface area contributed by atoms with Crippen LogP contribution in [0.4, 0.5) is 13.2 Å². The molecular formula is C23H24F3N5O4. The van der Waals surface area contributed by atoms with Gasteiger partial charge in [0.25, 0.3) is 5.91 Å². The number of rotatable bonds is 4. The molecule has 2 N–H and O–H groups in total. The first-order valence-electron chi connectivity index (χ1n) is 11.6. The van der Waals surface area contributed by atoms with Gasteiger partial charge in [0.15, 0.2) is 5.72 Å². The second-order valence-electron chi connectivity index (χ2n) is 9.79. The minimum Gasteiger partial charge on any atom is -0.432 e. The highest BCUT2D eigenvalue weighted by atomic mass is 19.4. The van der Waals surface area contributed by atoms with Gasteiger partial charge in [-0.05, 0) is 50.2 Å². The molecular weight excluding hydrogens is 467 g/mol. The Balaban J connectivity index is 1.31. The predicted octanol–water partition coefficient (Wildman–Crippen LogP) is 1.74. The molecule has 35 heavy (non-hydrogen) atoms. The number of amides is 2. The Labute approximate surface area is 199 Å². The maximum Gasteiger partial charge on any atom is 0.491 e. The van der Waals surface area contributed by atoms with Gasteiger partial charge in [-0.15, -0.1) is 0 Å². The zero-order valence-electron chi connectivity index (χ0n) is 18.6. The first-order chi connectivity index (χ1) is 16.6. The molecule has 4 fully saturated rings. The quantitative estimate of drug-likeness (QED) is 0.635. The van der Waals surface area contributed by atoms with Gasteiger partial charge in [0.05, 0.1) is 12.1 Å². The lowest BCUT2D eigenvalue weighted by molar-refractivity contribution is -0.217. The van der Waals surface area contributed by atoms with E-state index in [-0.39, 0.29) is 36.8 Å². The molecule has 0 aromatic carbocycles. The number of ether oxygens (including phenoxy) is 1. The van der Waals surface area contributed by atoms with Crippen molar-refractivity contribution in [1.82, 2.24) is 14.8 Å². The van der Waals surface area contributed by atoms with Crippen molar-refractivity contribution in [2.45, 2.75) is 74.6 Å². The normalized spacial score (nSPS) is 34.1. The summed E-state index contributed by atoms with van der Waals surface area (Å²) in [6, 6.07) is 4.65. The molecule has 3 saturated heterocycles. The van der Waals surface area contributed by atoms with Gasteiger partial charge < -0.3 is 15.4 Å². The maximum atomic E-state index is 13.4. The summed E-state index contributed by atoms with van der Waals surface area (Å²) in [4.78, 5) is 44.9. The number of pyridine rings is 1. The highest BCUT2D eigenvalue weighted by Crippen LogP contribution is 2.59. The number of esters is 1. The number of hydrogen-bond donors (Lipinski definition) is 1. The summed E-state index contributed by atoms with van der Waals surface area (Å²) >= 11 is 0. The molecule has 4 aliphatic rings. The molecule has 0 spiro atoms. The van der Waals surface area contributed by atoms with Gasteiger partial charge in [-0.2, -0.15) is 18.4 Å². The molecule has 2 unspecified atom stereocenters. The zero-order valence-corrected chi connectivity index (χ0v) is 18.6. The fourth-order valence-electron chi connectivity index (χ4n) is 6.17.